The molecule has 0 bridgehead atoms. The molecule has 1 aromatic carbocycles. The molecule has 0 aliphatic carbocycles. The van der Waals surface area contributed by atoms with Crippen LogP contribution in [0.3, 0.4) is 0 Å². The van der Waals surface area contributed by atoms with Gasteiger partial charge in [-0.3, -0.25) is 0 Å². The lowest BCUT2D eigenvalue weighted by atomic mass is 10.2. The van der Waals surface area contributed by atoms with E-state index in [0.717, 1.165) is 19.2 Å². The molecule has 0 aromatic heterocycles. The molecule has 0 amide bonds. The lowest BCUT2D eigenvalue weighted by Gasteiger charge is -2.30. The zero-order chi connectivity index (χ0) is 19.0. The van der Waals surface area contributed by atoms with E-state index in [0.29, 0.717) is 30.6 Å². The average Bonchev–Trinajstić information content (AvgIpc) is 2.69. The summed E-state index contributed by atoms with van der Waals surface area (Å²) in [6, 6.07) is 3.01. The Kier molecular flexibility index (Phi) is 5.98. The maximum absolute atomic E-state index is 13.4. The molecule has 1 unspecified atom stereocenters. The number of hydrogen-bond acceptors (Lipinski definition) is 5. The van der Waals surface area contributed by atoms with Gasteiger partial charge in [-0.05, 0) is 63.5 Å². The Balaban J connectivity index is 2.61. The Labute approximate surface area is 151 Å². The van der Waals surface area contributed by atoms with E-state index in [2.05, 4.69) is 4.90 Å². The molecule has 8 heteroatoms. The van der Waals surface area contributed by atoms with Gasteiger partial charge in [0.1, 0.15) is 0 Å². The van der Waals surface area contributed by atoms with Crippen LogP contribution in [0.4, 0.5) is 0 Å². The van der Waals surface area contributed by atoms with Crippen LogP contribution in [0.2, 0.25) is 0 Å². The summed E-state index contributed by atoms with van der Waals surface area (Å²) in [4.78, 5) is 2.34. The number of rotatable bonds is 4. The van der Waals surface area contributed by atoms with Gasteiger partial charge in [0.05, 0.1) is 9.79 Å². The molecule has 142 valence electrons. The number of benzene rings is 1. The fraction of sp³-hybridized carbons (Fsp3) is 0.647. The lowest BCUT2D eigenvalue weighted by Crippen LogP contribution is -2.43. The minimum Gasteiger partial charge on any atom is -0.305 e. The van der Waals surface area contributed by atoms with Gasteiger partial charge in [-0.15, -0.1) is 0 Å². The lowest BCUT2D eigenvalue weighted by molar-refractivity contribution is 0.270. The molecular weight excluding hydrogens is 360 g/mol. The molecule has 0 saturated carbocycles. The molecule has 1 aromatic rings. The van der Waals surface area contributed by atoms with Gasteiger partial charge in [0.25, 0.3) is 0 Å². The van der Waals surface area contributed by atoms with E-state index in [1.807, 2.05) is 14.0 Å². The third-order valence-corrected chi connectivity index (χ3v) is 8.06. The maximum atomic E-state index is 13.4. The average molecular weight is 389 g/mol. The summed E-state index contributed by atoms with van der Waals surface area (Å²) < 4.78 is 52.5. The monoisotopic (exact) mass is 388 g/mol. The molecule has 1 fully saturated rings. The van der Waals surface area contributed by atoms with Gasteiger partial charge in [-0.2, -0.15) is 4.31 Å². The molecule has 25 heavy (non-hydrogen) atoms. The van der Waals surface area contributed by atoms with Crippen molar-refractivity contribution in [2.24, 2.45) is 0 Å². The van der Waals surface area contributed by atoms with E-state index in [1.54, 1.807) is 24.2 Å². The molecule has 1 heterocycles. The van der Waals surface area contributed by atoms with Crippen molar-refractivity contribution in [1.82, 2.24) is 9.21 Å². The Morgan fingerprint density at radius 2 is 1.68 bits per heavy atom. The first-order valence-electron chi connectivity index (χ1n) is 8.50. The smallest absolute Gasteiger partial charge is 0.243 e. The van der Waals surface area contributed by atoms with Crippen molar-refractivity contribution >= 4 is 19.9 Å². The molecule has 1 aliphatic rings. The number of nitrogens with zero attached hydrogens (tertiary/aromatic N) is 2. The van der Waals surface area contributed by atoms with Crippen molar-refractivity contribution in [3.8, 4) is 0 Å². The summed E-state index contributed by atoms with van der Waals surface area (Å²) in [6.07, 6.45) is 2.59. The molecule has 6 nitrogen and oxygen atoms in total. The quantitative estimate of drug-likeness (QED) is 0.786. The van der Waals surface area contributed by atoms with E-state index in [4.69, 9.17) is 0 Å². The molecule has 1 saturated heterocycles. The van der Waals surface area contributed by atoms with Crippen LogP contribution in [-0.2, 0) is 19.9 Å². The van der Waals surface area contributed by atoms with Crippen LogP contribution in [0, 0.1) is 13.8 Å². The highest BCUT2D eigenvalue weighted by Crippen LogP contribution is 2.29. The van der Waals surface area contributed by atoms with Crippen LogP contribution in [-0.4, -0.2) is 65.0 Å². The number of hydrogen-bond donors (Lipinski definition) is 0. The van der Waals surface area contributed by atoms with Crippen molar-refractivity contribution in [3.05, 3.63) is 23.3 Å². The zero-order valence-corrected chi connectivity index (χ0v) is 17.2. The topological polar surface area (TPSA) is 74.8 Å². The fourth-order valence-corrected chi connectivity index (χ4v) is 6.64. The summed E-state index contributed by atoms with van der Waals surface area (Å²) in [5.41, 5.74) is 0.935. The zero-order valence-electron chi connectivity index (χ0n) is 15.6. The van der Waals surface area contributed by atoms with Gasteiger partial charge < -0.3 is 4.90 Å². The molecule has 1 atom stereocenters. The first-order chi connectivity index (χ1) is 11.5. The second-order valence-corrected chi connectivity index (χ2v) is 10.8. The highest BCUT2D eigenvalue weighted by Gasteiger charge is 2.34. The van der Waals surface area contributed by atoms with E-state index in [9.17, 15) is 16.8 Å². The van der Waals surface area contributed by atoms with E-state index in [1.165, 1.54) is 6.07 Å². The van der Waals surface area contributed by atoms with Gasteiger partial charge in [-0.1, -0.05) is 6.92 Å². The molecular formula is C17H28N2O4S2. The largest absolute Gasteiger partial charge is 0.305 e. The first-order valence-corrected chi connectivity index (χ1v) is 11.8. The molecule has 0 spiro atoms. The molecule has 1 aliphatic heterocycles. The fourth-order valence-electron chi connectivity index (χ4n) is 3.44. The molecule has 0 N–H and O–H groups in total. The second kappa shape index (κ2) is 7.34. The summed E-state index contributed by atoms with van der Waals surface area (Å²) >= 11 is 0. The highest BCUT2D eigenvalue weighted by molar-refractivity contribution is 7.91. The van der Waals surface area contributed by atoms with Crippen LogP contribution in [0.1, 0.15) is 30.9 Å². The van der Waals surface area contributed by atoms with Gasteiger partial charge in [0.15, 0.2) is 9.84 Å². The number of sulfone groups is 1. The third kappa shape index (κ3) is 4.24. The Morgan fingerprint density at radius 1 is 1.08 bits per heavy atom. The number of likely N-dealkylation sites (N-methyl/N-ethyl adjacent to an activating group) is 1. The van der Waals surface area contributed by atoms with Crippen LogP contribution in [0.25, 0.3) is 0 Å². The normalized spacial score (nSPS) is 21.2. The summed E-state index contributed by atoms with van der Waals surface area (Å²) in [7, 11) is -5.26. The van der Waals surface area contributed by atoms with Gasteiger partial charge in [0, 0.05) is 25.4 Å². The predicted molar refractivity (Wildman–Crippen MR) is 99.1 cm³/mol. The molecule has 0 radical (unpaired) electrons. The molecule has 2 rings (SSSR count). The summed E-state index contributed by atoms with van der Waals surface area (Å²) in [5, 5.41) is 0. The maximum Gasteiger partial charge on any atom is 0.243 e. The van der Waals surface area contributed by atoms with Crippen molar-refractivity contribution < 1.29 is 16.8 Å². The standard InChI is InChI=1S/C17H28N2O4S2/c1-6-15-12-18(4)8-7-9-19(15)25(22,23)17-11-13(2)10-16(14(17)3)24(5,20)21/h10-11,15H,6-9,12H2,1-5H3. The van der Waals surface area contributed by atoms with Gasteiger partial charge >= 0.3 is 0 Å². The van der Waals surface area contributed by atoms with Crippen LogP contribution in [0.5, 0.6) is 0 Å². The summed E-state index contributed by atoms with van der Waals surface area (Å²) in [5.74, 6) is 0. The Morgan fingerprint density at radius 3 is 2.24 bits per heavy atom. The van der Waals surface area contributed by atoms with E-state index in [-0.39, 0.29) is 15.8 Å². The van der Waals surface area contributed by atoms with Crippen LogP contribution < -0.4 is 0 Å². The van der Waals surface area contributed by atoms with Crippen LogP contribution in [0.15, 0.2) is 21.9 Å². The summed E-state index contributed by atoms with van der Waals surface area (Å²) in [6.45, 7) is 7.27. The van der Waals surface area contributed by atoms with E-state index < -0.39 is 19.9 Å². The van der Waals surface area contributed by atoms with Crippen molar-refractivity contribution in [3.63, 3.8) is 0 Å². The number of sulfonamides is 1. The first kappa shape index (κ1) is 20.4. The Hall–Kier alpha value is -0.960. The van der Waals surface area contributed by atoms with E-state index >= 15 is 0 Å². The Bertz CT molecular complexity index is 848. The minimum atomic E-state index is -3.76. The third-order valence-electron chi connectivity index (χ3n) is 4.76. The SMILES string of the molecule is CCC1CN(C)CCCN1S(=O)(=O)c1cc(C)cc(S(C)(=O)=O)c1C. The minimum absolute atomic E-state index is 0.0889. The highest BCUT2D eigenvalue weighted by atomic mass is 32.2. The van der Waals surface area contributed by atoms with Gasteiger partial charge in [0.2, 0.25) is 10.0 Å². The van der Waals surface area contributed by atoms with Gasteiger partial charge in [-0.25, -0.2) is 16.8 Å². The van der Waals surface area contributed by atoms with Crippen molar-refractivity contribution in [2.75, 3.05) is 32.9 Å². The van der Waals surface area contributed by atoms with Crippen molar-refractivity contribution in [1.29, 1.82) is 0 Å². The van der Waals surface area contributed by atoms with Crippen LogP contribution >= 0.6 is 0 Å². The second-order valence-electron chi connectivity index (χ2n) is 6.95. The predicted octanol–water partition coefficient (Wildman–Crippen LogP) is 1.81. The van der Waals surface area contributed by atoms with Crippen molar-refractivity contribution in [2.45, 2.75) is 49.4 Å². The number of aryl methyl sites for hydroxylation is 1.